The third kappa shape index (κ3) is 3.33. The lowest BCUT2D eigenvalue weighted by Crippen LogP contribution is -2.50. The summed E-state index contributed by atoms with van der Waals surface area (Å²) in [4.78, 5) is 14.5. The maximum atomic E-state index is 13.7. The van der Waals surface area contributed by atoms with Crippen molar-refractivity contribution in [2.24, 2.45) is 11.3 Å². The van der Waals surface area contributed by atoms with Gasteiger partial charge in [0, 0.05) is 38.3 Å². The summed E-state index contributed by atoms with van der Waals surface area (Å²) in [6.45, 7) is 5.37. The molecule has 4 nitrogen and oxygen atoms in total. The fourth-order valence-electron chi connectivity index (χ4n) is 4.03. The van der Waals surface area contributed by atoms with E-state index < -0.39 is 0 Å². The second-order valence-electron chi connectivity index (χ2n) is 7.10. The van der Waals surface area contributed by atoms with E-state index in [2.05, 4.69) is 0 Å². The Morgan fingerprint density at radius 1 is 1.38 bits per heavy atom. The minimum absolute atomic E-state index is 0.0703. The summed E-state index contributed by atoms with van der Waals surface area (Å²) in [7, 11) is 1.73. The molecular formula is C19H26FNO3. The molecule has 2 aliphatic heterocycles. The number of amides is 1. The van der Waals surface area contributed by atoms with Crippen molar-refractivity contribution in [2.45, 2.75) is 26.2 Å². The highest BCUT2D eigenvalue weighted by Gasteiger charge is 2.44. The van der Waals surface area contributed by atoms with E-state index in [0.717, 1.165) is 32.5 Å². The number of hydrogen-bond acceptors (Lipinski definition) is 3. The second-order valence-corrected chi connectivity index (χ2v) is 7.10. The maximum absolute atomic E-state index is 13.7. The molecule has 1 amide bonds. The van der Waals surface area contributed by atoms with Crippen molar-refractivity contribution in [3.63, 3.8) is 0 Å². The SMILES string of the molecule is COCC1COCCC12CCN(C(=O)c1ccc(C)c(F)c1)CC2. The van der Waals surface area contributed by atoms with Crippen molar-refractivity contribution in [1.29, 1.82) is 0 Å². The van der Waals surface area contributed by atoms with Crippen molar-refractivity contribution in [3.05, 3.63) is 35.1 Å². The van der Waals surface area contributed by atoms with E-state index >= 15 is 0 Å². The molecule has 2 aliphatic rings. The maximum Gasteiger partial charge on any atom is 0.253 e. The molecule has 1 spiro atoms. The van der Waals surface area contributed by atoms with Gasteiger partial charge in [0.05, 0.1) is 13.2 Å². The van der Waals surface area contributed by atoms with E-state index in [1.165, 1.54) is 6.07 Å². The zero-order valence-electron chi connectivity index (χ0n) is 14.5. The highest BCUT2D eigenvalue weighted by molar-refractivity contribution is 5.94. The quantitative estimate of drug-likeness (QED) is 0.852. The Morgan fingerprint density at radius 2 is 2.12 bits per heavy atom. The largest absolute Gasteiger partial charge is 0.384 e. The number of piperidine rings is 1. The van der Waals surface area contributed by atoms with Gasteiger partial charge in [-0.25, -0.2) is 4.39 Å². The highest BCUT2D eigenvalue weighted by atomic mass is 19.1. The molecule has 1 unspecified atom stereocenters. The second kappa shape index (κ2) is 7.19. The third-order valence-corrected chi connectivity index (χ3v) is 5.76. The van der Waals surface area contributed by atoms with E-state index in [4.69, 9.17) is 9.47 Å². The number of ether oxygens (including phenoxy) is 2. The van der Waals surface area contributed by atoms with Crippen LogP contribution < -0.4 is 0 Å². The minimum atomic E-state index is -0.320. The lowest BCUT2D eigenvalue weighted by atomic mass is 9.66. The van der Waals surface area contributed by atoms with Gasteiger partial charge in [0.1, 0.15) is 5.82 Å². The number of nitrogens with zero attached hydrogens (tertiary/aromatic N) is 1. The van der Waals surface area contributed by atoms with Crippen LogP contribution in [0.1, 0.15) is 35.2 Å². The van der Waals surface area contributed by atoms with E-state index in [1.54, 1.807) is 26.2 Å². The van der Waals surface area contributed by atoms with Crippen LogP contribution in [0, 0.1) is 24.1 Å². The van der Waals surface area contributed by atoms with Crippen LogP contribution in [0.4, 0.5) is 4.39 Å². The molecule has 1 aromatic rings. The summed E-state index contributed by atoms with van der Waals surface area (Å²) in [5.74, 6) is 0.00309. The fourth-order valence-corrected chi connectivity index (χ4v) is 4.03. The Bertz CT molecular complexity index is 594. The summed E-state index contributed by atoms with van der Waals surface area (Å²) >= 11 is 0. The average Bonchev–Trinajstić information content (AvgIpc) is 2.60. The van der Waals surface area contributed by atoms with E-state index in [-0.39, 0.29) is 17.1 Å². The number of benzene rings is 1. The van der Waals surface area contributed by atoms with Gasteiger partial charge in [-0.2, -0.15) is 0 Å². The molecule has 0 aliphatic carbocycles. The molecule has 0 radical (unpaired) electrons. The smallest absolute Gasteiger partial charge is 0.253 e. The Hall–Kier alpha value is -1.46. The molecule has 24 heavy (non-hydrogen) atoms. The predicted molar refractivity (Wildman–Crippen MR) is 89.5 cm³/mol. The molecular weight excluding hydrogens is 309 g/mol. The molecule has 1 aromatic carbocycles. The first-order valence-corrected chi connectivity index (χ1v) is 8.68. The van der Waals surface area contributed by atoms with Crippen molar-refractivity contribution in [3.8, 4) is 0 Å². The molecule has 0 aromatic heterocycles. The van der Waals surface area contributed by atoms with E-state index in [9.17, 15) is 9.18 Å². The number of halogens is 1. The number of hydrogen-bond donors (Lipinski definition) is 0. The first kappa shape index (κ1) is 17.4. The number of carbonyl (C=O) groups is 1. The lowest BCUT2D eigenvalue weighted by Gasteiger charge is -2.48. The number of carbonyl (C=O) groups excluding carboxylic acids is 1. The zero-order chi connectivity index (χ0) is 17.2. The van der Waals surface area contributed by atoms with Crippen LogP contribution >= 0.6 is 0 Å². The highest BCUT2D eigenvalue weighted by Crippen LogP contribution is 2.44. The van der Waals surface area contributed by atoms with Gasteiger partial charge in [0.2, 0.25) is 0 Å². The van der Waals surface area contributed by atoms with Crippen LogP contribution in [-0.2, 0) is 9.47 Å². The Kier molecular flexibility index (Phi) is 5.21. The summed E-state index contributed by atoms with van der Waals surface area (Å²) in [5, 5.41) is 0. The van der Waals surface area contributed by atoms with Crippen LogP contribution in [0.5, 0.6) is 0 Å². The molecule has 2 saturated heterocycles. The lowest BCUT2D eigenvalue weighted by molar-refractivity contribution is -0.0912. The monoisotopic (exact) mass is 335 g/mol. The summed E-state index contributed by atoms with van der Waals surface area (Å²) < 4.78 is 24.7. The average molecular weight is 335 g/mol. The molecule has 3 rings (SSSR count). The van der Waals surface area contributed by atoms with Crippen LogP contribution in [0.15, 0.2) is 18.2 Å². The Morgan fingerprint density at radius 3 is 2.79 bits per heavy atom. The van der Waals surface area contributed by atoms with Crippen molar-refractivity contribution in [2.75, 3.05) is 40.0 Å². The normalized spacial score (nSPS) is 23.5. The zero-order valence-corrected chi connectivity index (χ0v) is 14.5. The molecule has 132 valence electrons. The van der Waals surface area contributed by atoms with Gasteiger partial charge >= 0.3 is 0 Å². The molecule has 2 heterocycles. The molecule has 0 N–H and O–H groups in total. The fraction of sp³-hybridized carbons (Fsp3) is 0.632. The number of methoxy groups -OCH3 is 1. The summed E-state index contributed by atoms with van der Waals surface area (Å²) in [5.41, 5.74) is 1.21. The first-order chi connectivity index (χ1) is 11.6. The van der Waals surface area contributed by atoms with Gasteiger partial charge in [0.15, 0.2) is 0 Å². The topological polar surface area (TPSA) is 38.8 Å². The summed E-state index contributed by atoms with van der Waals surface area (Å²) in [6.07, 6.45) is 2.96. The number of rotatable bonds is 3. The van der Waals surface area contributed by atoms with Gasteiger partial charge in [-0.3, -0.25) is 4.79 Å². The van der Waals surface area contributed by atoms with Gasteiger partial charge < -0.3 is 14.4 Å². The number of likely N-dealkylation sites (tertiary alicyclic amines) is 1. The molecule has 0 saturated carbocycles. The van der Waals surface area contributed by atoms with Crippen molar-refractivity contribution < 1.29 is 18.7 Å². The number of aryl methyl sites for hydroxylation is 1. The Balaban J connectivity index is 1.67. The third-order valence-electron chi connectivity index (χ3n) is 5.76. The van der Waals surface area contributed by atoms with Gasteiger partial charge in [-0.15, -0.1) is 0 Å². The molecule has 2 fully saturated rings. The van der Waals surface area contributed by atoms with Gasteiger partial charge in [0.25, 0.3) is 5.91 Å². The van der Waals surface area contributed by atoms with Crippen molar-refractivity contribution >= 4 is 5.91 Å². The molecule has 0 bridgehead atoms. The van der Waals surface area contributed by atoms with E-state index in [0.29, 0.717) is 36.7 Å². The summed E-state index contributed by atoms with van der Waals surface area (Å²) in [6, 6.07) is 4.73. The predicted octanol–water partition coefficient (Wildman–Crippen LogP) is 3.04. The van der Waals surface area contributed by atoms with Crippen LogP contribution in [0.2, 0.25) is 0 Å². The van der Waals surface area contributed by atoms with Crippen molar-refractivity contribution in [1.82, 2.24) is 4.90 Å². The Labute approximate surface area is 142 Å². The standard InChI is InChI=1S/C19H26FNO3/c1-14-3-4-15(11-17(14)20)18(22)21-8-5-19(6-9-21)7-10-24-13-16(19)12-23-2/h3-4,11,16H,5-10,12-13H2,1-2H3. The van der Waals surface area contributed by atoms with Gasteiger partial charge in [-0.05, 0) is 49.3 Å². The van der Waals surface area contributed by atoms with E-state index in [1.807, 2.05) is 4.90 Å². The van der Waals surface area contributed by atoms with Crippen LogP contribution in [0.25, 0.3) is 0 Å². The van der Waals surface area contributed by atoms with Crippen LogP contribution in [-0.4, -0.2) is 50.8 Å². The molecule has 1 atom stereocenters. The first-order valence-electron chi connectivity index (χ1n) is 8.68. The molecule has 5 heteroatoms. The minimum Gasteiger partial charge on any atom is -0.384 e. The van der Waals surface area contributed by atoms with Gasteiger partial charge in [-0.1, -0.05) is 6.07 Å². The van der Waals surface area contributed by atoms with Crippen LogP contribution in [0.3, 0.4) is 0 Å².